The van der Waals surface area contributed by atoms with E-state index in [0.29, 0.717) is 5.92 Å². The van der Waals surface area contributed by atoms with Gasteiger partial charge in [-0.15, -0.1) is 0 Å². The molecule has 1 heterocycles. The molecule has 0 bridgehead atoms. The molecule has 1 N–H and O–H groups in total. The lowest BCUT2D eigenvalue weighted by Gasteiger charge is -2.22. The Kier molecular flexibility index (Phi) is 5.65. The summed E-state index contributed by atoms with van der Waals surface area (Å²) in [5.74, 6) is 0.706. The number of nitrogens with one attached hydrogen (secondary N) is 1. The lowest BCUT2D eigenvalue weighted by Crippen LogP contribution is -2.33. The number of amides is 1. The summed E-state index contributed by atoms with van der Waals surface area (Å²) in [6.45, 7) is 5.83. The highest BCUT2D eigenvalue weighted by Crippen LogP contribution is 2.11. The summed E-state index contributed by atoms with van der Waals surface area (Å²) < 4.78 is 5.44. The Hall–Kier alpha value is -0.610. The zero-order valence-electron chi connectivity index (χ0n) is 9.79. The molecular formula is C11H22N2O2. The molecule has 15 heavy (non-hydrogen) atoms. The van der Waals surface area contributed by atoms with Gasteiger partial charge in [-0.05, 0) is 38.8 Å². The first-order chi connectivity index (χ1) is 7.24. The van der Waals surface area contributed by atoms with Gasteiger partial charge in [0.15, 0.2) is 0 Å². The van der Waals surface area contributed by atoms with E-state index in [-0.39, 0.29) is 12.5 Å². The first kappa shape index (κ1) is 12.5. The van der Waals surface area contributed by atoms with Crippen LogP contribution in [0.2, 0.25) is 0 Å². The minimum atomic E-state index is 0.0754. The van der Waals surface area contributed by atoms with Crippen molar-refractivity contribution in [3.05, 3.63) is 0 Å². The molecule has 1 fully saturated rings. The zero-order chi connectivity index (χ0) is 11.1. The lowest BCUT2D eigenvalue weighted by molar-refractivity contribution is -0.135. The molecule has 1 saturated heterocycles. The molecule has 0 aromatic carbocycles. The quantitative estimate of drug-likeness (QED) is 0.724. The number of nitrogens with zero attached hydrogens (tertiary/aromatic N) is 1. The maximum atomic E-state index is 11.4. The second-order valence-electron chi connectivity index (χ2n) is 4.12. The van der Waals surface area contributed by atoms with Crippen molar-refractivity contribution in [3.8, 4) is 0 Å². The van der Waals surface area contributed by atoms with Gasteiger partial charge in [-0.2, -0.15) is 0 Å². The van der Waals surface area contributed by atoms with Crippen molar-refractivity contribution in [2.75, 3.05) is 39.9 Å². The molecule has 1 aliphatic rings. The van der Waals surface area contributed by atoms with Gasteiger partial charge in [-0.3, -0.25) is 4.79 Å². The Labute approximate surface area is 92.0 Å². The summed E-state index contributed by atoms with van der Waals surface area (Å²) in [4.78, 5) is 13.1. The molecule has 0 aromatic rings. The van der Waals surface area contributed by atoms with E-state index in [0.717, 1.165) is 39.1 Å². The highest BCUT2D eigenvalue weighted by atomic mass is 16.5. The molecule has 0 atom stereocenters. The molecule has 4 nitrogen and oxygen atoms in total. The number of hydrogen-bond donors (Lipinski definition) is 1. The SMILES string of the molecule is CCN(C)C(=O)COCC1CCNCC1. The minimum absolute atomic E-state index is 0.0754. The Morgan fingerprint density at radius 2 is 2.13 bits per heavy atom. The molecule has 0 saturated carbocycles. The van der Waals surface area contributed by atoms with Gasteiger partial charge in [-0.25, -0.2) is 0 Å². The van der Waals surface area contributed by atoms with Crippen molar-refractivity contribution < 1.29 is 9.53 Å². The summed E-state index contributed by atoms with van der Waals surface area (Å²) in [5.41, 5.74) is 0. The molecule has 0 aromatic heterocycles. The van der Waals surface area contributed by atoms with E-state index >= 15 is 0 Å². The van der Waals surface area contributed by atoms with E-state index in [4.69, 9.17) is 4.74 Å². The molecule has 4 heteroatoms. The third kappa shape index (κ3) is 4.62. The van der Waals surface area contributed by atoms with Crippen molar-refractivity contribution in [1.29, 1.82) is 0 Å². The summed E-state index contributed by atoms with van der Waals surface area (Å²) in [6, 6.07) is 0. The van der Waals surface area contributed by atoms with E-state index in [1.807, 2.05) is 6.92 Å². The normalized spacial score (nSPS) is 17.7. The average Bonchev–Trinajstić information content (AvgIpc) is 2.29. The number of carbonyl (C=O) groups excluding carboxylic acids is 1. The first-order valence-corrected chi connectivity index (χ1v) is 5.76. The topological polar surface area (TPSA) is 41.6 Å². The van der Waals surface area contributed by atoms with E-state index < -0.39 is 0 Å². The molecule has 1 aliphatic heterocycles. The van der Waals surface area contributed by atoms with Crippen molar-refractivity contribution in [2.45, 2.75) is 19.8 Å². The van der Waals surface area contributed by atoms with Gasteiger partial charge in [0.05, 0.1) is 6.61 Å². The molecular weight excluding hydrogens is 192 g/mol. The lowest BCUT2D eigenvalue weighted by atomic mass is 9.99. The Balaban J connectivity index is 2.07. The van der Waals surface area contributed by atoms with Gasteiger partial charge in [0.1, 0.15) is 6.61 Å². The summed E-state index contributed by atoms with van der Waals surface area (Å²) in [5, 5.41) is 3.31. The Bertz CT molecular complexity index is 191. The number of likely N-dealkylation sites (N-methyl/N-ethyl adjacent to an activating group) is 1. The zero-order valence-corrected chi connectivity index (χ0v) is 9.79. The van der Waals surface area contributed by atoms with Crippen LogP contribution in [-0.4, -0.2) is 50.7 Å². The molecule has 88 valence electrons. The van der Waals surface area contributed by atoms with Crippen LogP contribution in [0.3, 0.4) is 0 Å². The Morgan fingerprint density at radius 3 is 2.73 bits per heavy atom. The van der Waals surface area contributed by atoms with Crippen LogP contribution in [-0.2, 0) is 9.53 Å². The highest BCUT2D eigenvalue weighted by molar-refractivity contribution is 5.77. The molecule has 0 unspecified atom stereocenters. The molecule has 0 spiro atoms. The number of ether oxygens (including phenoxy) is 1. The van der Waals surface area contributed by atoms with Gasteiger partial charge in [0.25, 0.3) is 0 Å². The van der Waals surface area contributed by atoms with Crippen molar-refractivity contribution in [1.82, 2.24) is 10.2 Å². The molecule has 1 rings (SSSR count). The monoisotopic (exact) mass is 214 g/mol. The second kappa shape index (κ2) is 6.80. The van der Waals surface area contributed by atoms with Crippen LogP contribution < -0.4 is 5.32 Å². The van der Waals surface area contributed by atoms with Crippen LogP contribution in [0.15, 0.2) is 0 Å². The summed E-state index contributed by atoms with van der Waals surface area (Å²) in [7, 11) is 1.80. The van der Waals surface area contributed by atoms with Gasteiger partial charge in [0, 0.05) is 13.6 Å². The van der Waals surface area contributed by atoms with Gasteiger partial charge in [0.2, 0.25) is 5.91 Å². The third-order valence-corrected chi connectivity index (χ3v) is 2.94. The number of piperidine rings is 1. The average molecular weight is 214 g/mol. The predicted molar refractivity (Wildman–Crippen MR) is 59.7 cm³/mol. The van der Waals surface area contributed by atoms with Crippen molar-refractivity contribution in [2.24, 2.45) is 5.92 Å². The first-order valence-electron chi connectivity index (χ1n) is 5.76. The van der Waals surface area contributed by atoms with Crippen LogP contribution in [0, 0.1) is 5.92 Å². The van der Waals surface area contributed by atoms with Gasteiger partial charge >= 0.3 is 0 Å². The molecule has 0 radical (unpaired) electrons. The fraction of sp³-hybridized carbons (Fsp3) is 0.909. The molecule has 1 amide bonds. The maximum absolute atomic E-state index is 11.4. The molecule has 0 aliphatic carbocycles. The van der Waals surface area contributed by atoms with Crippen LogP contribution in [0.4, 0.5) is 0 Å². The summed E-state index contributed by atoms with van der Waals surface area (Å²) >= 11 is 0. The van der Waals surface area contributed by atoms with Gasteiger partial charge < -0.3 is 15.0 Å². The second-order valence-corrected chi connectivity index (χ2v) is 4.12. The van der Waals surface area contributed by atoms with E-state index in [9.17, 15) is 4.79 Å². The van der Waals surface area contributed by atoms with Gasteiger partial charge in [-0.1, -0.05) is 0 Å². The van der Waals surface area contributed by atoms with Crippen LogP contribution in [0.25, 0.3) is 0 Å². The predicted octanol–water partition coefficient (Wildman–Crippen LogP) is 0.481. The fourth-order valence-corrected chi connectivity index (χ4v) is 1.65. The Morgan fingerprint density at radius 1 is 1.47 bits per heavy atom. The number of hydrogen-bond acceptors (Lipinski definition) is 3. The third-order valence-electron chi connectivity index (χ3n) is 2.94. The van der Waals surface area contributed by atoms with E-state index in [2.05, 4.69) is 5.32 Å². The summed E-state index contributed by atoms with van der Waals surface area (Å²) in [6.07, 6.45) is 2.33. The fourth-order valence-electron chi connectivity index (χ4n) is 1.65. The van der Waals surface area contributed by atoms with Crippen LogP contribution in [0.5, 0.6) is 0 Å². The number of rotatable bonds is 5. The van der Waals surface area contributed by atoms with Crippen LogP contribution >= 0.6 is 0 Å². The van der Waals surface area contributed by atoms with E-state index in [1.54, 1.807) is 11.9 Å². The van der Waals surface area contributed by atoms with Crippen LogP contribution in [0.1, 0.15) is 19.8 Å². The standard InChI is InChI=1S/C11H22N2O2/c1-3-13(2)11(14)9-15-8-10-4-6-12-7-5-10/h10,12H,3-9H2,1-2H3. The number of carbonyl (C=O) groups is 1. The van der Waals surface area contributed by atoms with Crippen molar-refractivity contribution >= 4 is 5.91 Å². The maximum Gasteiger partial charge on any atom is 0.248 e. The van der Waals surface area contributed by atoms with E-state index in [1.165, 1.54) is 0 Å². The minimum Gasteiger partial charge on any atom is -0.371 e. The van der Waals surface area contributed by atoms with Crippen molar-refractivity contribution in [3.63, 3.8) is 0 Å². The highest BCUT2D eigenvalue weighted by Gasteiger charge is 2.14. The smallest absolute Gasteiger partial charge is 0.248 e. The largest absolute Gasteiger partial charge is 0.371 e.